The molecule has 3 aromatic carbocycles. The zero-order valence-electron chi connectivity index (χ0n) is 18.4. The third kappa shape index (κ3) is 5.81. The van der Waals surface area contributed by atoms with Crippen LogP contribution in [0.2, 0.25) is 0 Å². The van der Waals surface area contributed by atoms with E-state index in [1.54, 1.807) is 12.3 Å². The highest BCUT2D eigenvalue weighted by Crippen LogP contribution is 2.36. The van der Waals surface area contributed by atoms with Crippen LogP contribution in [0.1, 0.15) is 15.2 Å². The average Bonchev–Trinajstić information content (AvgIpc) is 3.56. The van der Waals surface area contributed by atoms with Crippen LogP contribution in [0.25, 0.3) is 11.3 Å². The minimum absolute atomic E-state index is 0.161. The fraction of sp³-hybridized carbons (Fsp3) is 0. The van der Waals surface area contributed by atoms with Crippen molar-refractivity contribution in [2.24, 2.45) is 5.10 Å². The predicted octanol–water partition coefficient (Wildman–Crippen LogP) is 7.36. The number of carbonyl (C=O) groups is 1. The number of carbonyl (C=O) groups excluding carboxylic acids is 1. The summed E-state index contributed by atoms with van der Waals surface area (Å²) in [6, 6.07) is 30.7. The number of hydrogen-bond acceptors (Lipinski definition) is 7. The Labute approximate surface area is 210 Å². The monoisotopic (exact) mass is 496 g/mol. The Kier molecular flexibility index (Phi) is 6.93. The van der Waals surface area contributed by atoms with E-state index in [1.165, 1.54) is 22.7 Å². The summed E-state index contributed by atoms with van der Waals surface area (Å²) in [4.78, 5) is 18.0. The number of thiazole rings is 1. The van der Waals surface area contributed by atoms with Crippen LogP contribution in [0.15, 0.2) is 108 Å². The molecular formula is C27H20N4O2S2. The van der Waals surface area contributed by atoms with E-state index in [4.69, 9.17) is 4.74 Å². The van der Waals surface area contributed by atoms with Gasteiger partial charge in [-0.15, -0.1) is 11.3 Å². The van der Waals surface area contributed by atoms with E-state index in [-0.39, 0.29) is 5.91 Å². The molecule has 35 heavy (non-hydrogen) atoms. The molecular weight excluding hydrogens is 476 g/mol. The molecule has 5 aromatic rings. The van der Waals surface area contributed by atoms with Crippen LogP contribution in [0.3, 0.4) is 0 Å². The van der Waals surface area contributed by atoms with Crippen LogP contribution < -0.4 is 15.5 Å². The van der Waals surface area contributed by atoms with Gasteiger partial charge in [0.2, 0.25) is 5.13 Å². The standard InChI is InChI=1S/C27H20N4O2S2/c32-25(23-15-8-16-34-23)30-26-24(20-10-3-1-4-11-20)29-27(35-26)31-28-18-19-9-7-14-22(17-19)33-21-12-5-2-6-13-21/h1-18H,(H,29,31)(H,30,32). The molecule has 172 valence electrons. The molecule has 2 heterocycles. The molecule has 1 amide bonds. The average molecular weight is 497 g/mol. The van der Waals surface area contributed by atoms with Crippen molar-refractivity contribution in [1.29, 1.82) is 0 Å². The first-order valence-corrected chi connectivity index (χ1v) is 12.5. The summed E-state index contributed by atoms with van der Waals surface area (Å²) < 4.78 is 5.89. The van der Waals surface area contributed by atoms with E-state index in [9.17, 15) is 4.79 Å². The highest BCUT2D eigenvalue weighted by molar-refractivity contribution is 7.20. The van der Waals surface area contributed by atoms with Crippen LogP contribution >= 0.6 is 22.7 Å². The highest BCUT2D eigenvalue weighted by Gasteiger charge is 2.16. The molecule has 0 saturated carbocycles. The van der Waals surface area contributed by atoms with Crippen LogP contribution in [-0.2, 0) is 0 Å². The number of amides is 1. The summed E-state index contributed by atoms with van der Waals surface area (Å²) in [6.45, 7) is 0. The van der Waals surface area contributed by atoms with E-state index < -0.39 is 0 Å². The minimum Gasteiger partial charge on any atom is -0.457 e. The van der Waals surface area contributed by atoms with Crippen molar-refractivity contribution < 1.29 is 9.53 Å². The molecule has 2 aromatic heterocycles. The molecule has 0 saturated heterocycles. The summed E-state index contributed by atoms with van der Waals surface area (Å²) in [7, 11) is 0. The van der Waals surface area contributed by atoms with Gasteiger partial charge in [-0.1, -0.05) is 78.1 Å². The molecule has 0 radical (unpaired) electrons. The first-order chi connectivity index (χ1) is 17.2. The lowest BCUT2D eigenvalue weighted by Crippen LogP contribution is -2.09. The smallest absolute Gasteiger partial charge is 0.266 e. The van der Waals surface area contributed by atoms with E-state index in [0.29, 0.717) is 20.7 Å². The highest BCUT2D eigenvalue weighted by atomic mass is 32.1. The summed E-state index contributed by atoms with van der Waals surface area (Å²) in [5, 5.41) is 10.4. The molecule has 0 aliphatic heterocycles. The molecule has 0 fully saturated rings. The molecule has 0 spiro atoms. The second-order valence-corrected chi connectivity index (χ2v) is 9.30. The minimum atomic E-state index is -0.161. The first-order valence-electron chi connectivity index (χ1n) is 10.8. The molecule has 0 unspecified atom stereocenters. The number of benzene rings is 3. The van der Waals surface area contributed by atoms with Crippen LogP contribution in [-0.4, -0.2) is 17.1 Å². The van der Waals surface area contributed by atoms with Crippen molar-refractivity contribution in [3.63, 3.8) is 0 Å². The largest absolute Gasteiger partial charge is 0.457 e. The molecule has 0 atom stereocenters. The lowest BCUT2D eigenvalue weighted by Gasteiger charge is -2.05. The number of rotatable bonds is 8. The SMILES string of the molecule is O=C(Nc1sc(NN=Cc2cccc(Oc3ccccc3)c2)nc1-c1ccccc1)c1cccs1. The lowest BCUT2D eigenvalue weighted by atomic mass is 10.2. The van der Waals surface area contributed by atoms with Gasteiger partial charge in [0.25, 0.3) is 5.91 Å². The first kappa shape index (κ1) is 22.5. The summed E-state index contributed by atoms with van der Waals surface area (Å²) in [5.74, 6) is 1.33. The number of anilines is 2. The van der Waals surface area contributed by atoms with Crippen LogP contribution in [0.4, 0.5) is 10.1 Å². The van der Waals surface area contributed by atoms with Crippen molar-refractivity contribution in [1.82, 2.24) is 4.98 Å². The Hall–Kier alpha value is -4.27. The number of nitrogens with one attached hydrogen (secondary N) is 2. The fourth-order valence-corrected chi connectivity index (χ4v) is 4.71. The number of hydrazone groups is 1. The topological polar surface area (TPSA) is 75.6 Å². The van der Waals surface area contributed by atoms with E-state index in [2.05, 4.69) is 20.8 Å². The molecule has 2 N–H and O–H groups in total. The number of aromatic nitrogens is 1. The second-order valence-electron chi connectivity index (χ2n) is 7.35. The van der Waals surface area contributed by atoms with Crippen molar-refractivity contribution in [3.05, 3.63) is 113 Å². The molecule has 5 rings (SSSR count). The van der Waals surface area contributed by atoms with Crippen molar-refractivity contribution >= 4 is 44.9 Å². The number of ether oxygens (including phenoxy) is 1. The second kappa shape index (κ2) is 10.8. The number of hydrogen-bond donors (Lipinski definition) is 2. The van der Waals surface area contributed by atoms with Crippen molar-refractivity contribution in [2.75, 3.05) is 10.7 Å². The Morgan fingerprint density at radius 3 is 2.43 bits per heavy atom. The van der Waals surface area contributed by atoms with Gasteiger partial charge in [0.05, 0.1) is 11.1 Å². The zero-order chi connectivity index (χ0) is 23.9. The van der Waals surface area contributed by atoms with Gasteiger partial charge in [-0.3, -0.25) is 10.2 Å². The molecule has 0 aliphatic carbocycles. The van der Waals surface area contributed by atoms with Crippen LogP contribution in [0, 0.1) is 0 Å². The lowest BCUT2D eigenvalue weighted by molar-refractivity contribution is 0.103. The molecule has 6 nitrogen and oxygen atoms in total. The van der Waals surface area contributed by atoms with Gasteiger partial charge >= 0.3 is 0 Å². The van der Waals surface area contributed by atoms with Crippen molar-refractivity contribution in [2.45, 2.75) is 0 Å². The Balaban J connectivity index is 1.32. The quantitative estimate of drug-likeness (QED) is 0.174. The maximum Gasteiger partial charge on any atom is 0.266 e. The van der Waals surface area contributed by atoms with E-state index in [1.807, 2.05) is 96.4 Å². The Morgan fingerprint density at radius 1 is 0.886 bits per heavy atom. The van der Waals surface area contributed by atoms with Gasteiger partial charge < -0.3 is 10.1 Å². The predicted molar refractivity (Wildman–Crippen MR) is 144 cm³/mol. The third-order valence-electron chi connectivity index (χ3n) is 4.86. The van der Waals surface area contributed by atoms with Gasteiger partial charge in [-0.05, 0) is 41.3 Å². The normalized spacial score (nSPS) is 10.9. The van der Waals surface area contributed by atoms with Crippen molar-refractivity contribution in [3.8, 4) is 22.8 Å². The van der Waals surface area contributed by atoms with E-state index >= 15 is 0 Å². The summed E-state index contributed by atoms with van der Waals surface area (Å²) in [6.07, 6.45) is 1.70. The van der Waals surface area contributed by atoms with Gasteiger partial charge in [-0.25, -0.2) is 4.98 Å². The maximum atomic E-state index is 12.6. The zero-order valence-corrected chi connectivity index (χ0v) is 20.1. The molecule has 0 aliphatic rings. The number of nitrogens with zero attached hydrogens (tertiary/aromatic N) is 2. The summed E-state index contributed by atoms with van der Waals surface area (Å²) in [5.41, 5.74) is 5.46. The Bertz CT molecular complexity index is 1430. The number of para-hydroxylation sites is 1. The van der Waals surface area contributed by atoms with E-state index in [0.717, 1.165) is 22.6 Å². The van der Waals surface area contributed by atoms with Gasteiger partial charge in [-0.2, -0.15) is 5.10 Å². The van der Waals surface area contributed by atoms with Gasteiger partial charge in [0.1, 0.15) is 22.2 Å². The molecule has 0 bridgehead atoms. The van der Waals surface area contributed by atoms with Gasteiger partial charge in [0, 0.05) is 5.56 Å². The van der Waals surface area contributed by atoms with Crippen LogP contribution in [0.5, 0.6) is 11.5 Å². The number of thiophene rings is 1. The Morgan fingerprint density at radius 2 is 1.66 bits per heavy atom. The molecule has 8 heteroatoms. The fourth-order valence-electron chi connectivity index (χ4n) is 3.26. The summed E-state index contributed by atoms with van der Waals surface area (Å²) >= 11 is 2.73. The third-order valence-corrected chi connectivity index (χ3v) is 6.60. The van der Waals surface area contributed by atoms with Gasteiger partial charge in [0.15, 0.2) is 0 Å². The maximum absolute atomic E-state index is 12.6.